The fourth-order valence-electron chi connectivity index (χ4n) is 3.75. The van der Waals surface area contributed by atoms with E-state index in [-0.39, 0.29) is 17.6 Å². The lowest BCUT2D eigenvalue weighted by Gasteiger charge is -2.36. The molecule has 0 saturated carbocycles. The molecule has 4 aromatic rings. The number of nitrogens with one attached hydrogen (secondary N) is 2. The lowest BCUT2D eigenvalue weighted by Crippen LogP contribution is -2.56. The molecule has 2 amide bonds. The van der Waals surface area contributed by atoms with Gasteiger partial charge in [0.1, 0.15) is 23.8 Å². The number of hydrogen-bond acceptors (Lipinski definition) is 7. The number of aromatic amines is 1. The molecule has 5 heterocycles. The van der Waals surface area contributed by atoms with Gasteiger partial charge in [0.25, 0.3) is 0 Å². The number of nitriles is 1. The molecule has 0 bridgehead atoms. The van der Waals surface area contributed by atoms with Gasteiger partial charge in [0, 0.05) is 25.5 Å². The molecule has 1 atom stereocenters. The van der Waals surface area contributed by atoms with Gasteiger partial charge < -0.3 is 24.3 Å². The molecule has 0 unspecified atom stereocenters. The Hall–Kier alpha value is -4.46. The first-order chi connectivity index (χ1) is 15.9. The Balaban J connectivity index is 1.33. The van der Waals surface area contributed by atoms with E-state index in [4.69, 9.17) is 10.00 Å². The third-order valence-electron chi connectivity index (χ3n) is 5.55. The number of aromatic nitrogens is 5. The lowest BCUT2D eigenvalue weighted by atomic mass is 10.0. The molecule has 1 fully saturated rings. The fourth-order valence-corrected chi connectivity index (χ4v) is 3.75. The van der Waals surface area contributed by atoms with Crippen molar-refractivity contribution >= 4 is 28.7 Å². The van der Waals surface area contributed by atoms with Crippen molar-refractivity contribution in [3.8, 4) is 23.2 Å². The van der Waals surface area contributed by atoms with E-state index in [2.05, 4.69) is 31.3 Å². The first-order valence-corrected chi connectivity index (χ1v) is 10.4. The smallest absolute Gasteiger partial charge is 0.406 e. The fraction of sp³-hybridized carbons (Fsp3) is 0.273. The molecule has 0 radical (unpaired) electrons. The minimum atomic E-state index is -0.788. The molecule has 5 rings (SSSR count). The number of H-pyrrole nitrogens is 1. The normalized spacial score (nSPS) is 14.6. The van der Waals surface area contributed by atoms with Gasteiger partial charge in [-0.3, -0.25) is 4.79 Å². The van der Waals surface area contributed by atoms with Crippen LogP contribution in [-0.4, -0.2) is 60.4 Å². The number of aryl methyl sites for hydroxylation is 1. The zero-order valence-electron chi connectivity index (χ0n) is 17.9. The molecule has 166 valence electrons. The highest BCUT2D eigenvalue weighted by Crippen LogP contribution is 2.27. The number of imidazole rings is 1. The third-order valence-corrected chi connectivity index (χ3v) is 5.55. The number of fused-ring (bicyclic) bond motifs is 2. The maximum atomic E-state index is 12.4. The first kappa shape index (κ1) is 20.4. The van der Waals surface area contributed by atoms with E-state index < -0.39 is 12.1 Å². The molecule has 33 heavy (non-hydrogen) atoms. The van der Waals surface area contributed by atoms with Crippen molar-refractivity contribution < 1.29 is 14.3 Å². The maximum Gasteiger partial charge on any atom is 0.413 e. The molecular formula is C22H20N8O3. The Morgan fingerprint density at radius 1 is 1.33 bits per heavy atom. The summed E-state index contributed by atoms with van der Waals surface area (Å²) in [5, 5.41) is 11.4. The van der Waals surface area contributed by atoms with E-state index in [0.717, 1.165) is 11.1 Å². The number of carbonyl (C=O) groups excluding carboxylic acids is 2. The van der Waals surface area contributed by atoms with Crippen molar-refractivity contribution in [1.29, 1.82) is 5.26 Å². The highest BCUT2D eigenvalue weighted by atomic mass is 16.6. The summed E-state index contributed by atoms with van der Waals surface area (Å²) in [5.74, 6) is -0.228. The summed E-state index contributed by atoms with van der Waals surface area (Å²) in [6.07, 6.45) is 5.98. The van der Waals surface area contributed by atoms with Crippen molar-refractivity contribution in [2.24, 2.45) is 5.92 Å². The largest absolute Gasteiger partial charge is 0.413 e. The first-order valence-electron chi connectivity index (χ1n) is 10.4. The second-order valence-corrected chi connectivity index (χ2v) is 8.02. The highest BCUT2D eigenvalue weighted by molar-refractivity contribution is 5.88. The Bertz CT molecular complexity index is 1430. The Labute approximate surface area is 188 Å². The SMILES string of the molecule is Cc1ccc2c(-c3cnc4[nH]cc(OC(=O)N[C@H](C)C(=O)N5CC(C#N)C5)c4n3)ncn2c1. The summed E-state index contributed by atoms with van der Waals surface area (Å²) in [5.41, 5.74) is 3.99. The summed E-state index contributed by atoms with van der Waals surface area (Å²) in [7, 11) is 0. The number of carbonyl (C=O) groups is 2. The zero-order valence-corrected chi connectivity index (χ0v) is 17.9. The summed E-state index contributed by atoms with van der Waals surface area (Å²) < 4.78 is 7.32. The predicted molar refractivity (Wildman–Crippen MR) is 117 cm³/mol. The van der Waals surface area contributed by atoms with Crippen LogP contribution in [-0.2, 0) is 4.79 Å². The van der Waals surface area contributed by atoms with Crippen LogP contribution in [0.3, 0.4) is 0 Å². The van der Waals surface area contributed by atoms with Crippen LogP contribution in [0.15, 0.2) is 37.1 Å². The summed E-state index contributed by atoms with van der Waals surface area (Å²) in [6.45, 7) is 4.32. The van der Waals surface area contributed by atoms with Crippen LogP contribution in [0.1, 0.15) is 12.5 Å². The summed E-state index contributed by atoms with van der Waals surface area (Å²) in [6, 6.07) is 5.27. The van der Waals surface area contributed by atoms with Crippen molar-refractivity contribution in [3.63, 3.8) is 0 Å². The molecular weight excluding hydrogens is 424 g/mol. The number of nitrogens with zero attached hydrogens (tertiary/aromatic N) is 6. The van der Waals surface area contributed by atoms with Crippen LogP contribution in [0.2, 0.25) is 0 Å². The molecule has 11 heteroatoms. The lowest BCUT2D eigenvalue weighted by molar-refractivity contribution is -0.137. The van der Waals surface area contributed by atoms with E-state index >= 15 is 0 Å². The van der Waals surface area contributed by atoms with Crippen molar-refractivity contribution in [3.05, 3.63) is 42.6 Å². The van der Waals surface area contributed by atoms with Crippen LogP contribution in [0, 0.1) is 24.2 Å². The highest BCUT2D eigenvalue weighted by Gasteiger charge is 2.33. The molecule has 11 nitrogen and oxygen atoms in total. The molecule has 0 aromatic carbocycles. The topological polar surface area (TPSA) is 141 Å². The van der Waals surface area contributed by atoms with Gasteiger partial charge in [-0.05, 0) is 25.5 Å². The zero-order chi connectivity index (χ0) is 23.1. The Kier molecular flexibility index (Phi) is 4.90. The average Bonchev–Trinajstić information content (AvgIpc) is 3.36. The minimum Gasteiger partial charge on any atom is -0.406 e. The van der Waals surface area contributed by atoms with Crippen molar-refractivity contribution in [2.45, 2.75) is 19.9 Å². The van der Waals surface area contributed by atoms with Crippen LogP contribution in [0.4, 0.5) is 4.79 Å². The van der Waals surface area contributed by atoms with Crippen molar-refractivity contribution in [1.82, 2.24) is 34.6 Å². The van der Waals surface area contributed by atoms with Gasteiger partial charge in [-0.1, -0.05) is 6.07 Å². The summed E-state index contributed by atoms with van der Waals surface area (Å²) >= 11 is 0. The van der Waals surface area contributed by atoms with Gasteiger partial charge >= 0.3 is 6.09 Å². The monoisotopic (exact) mass is 444 g/mol. The quantitative estimate of drug-likeness (QED) is 0.490. The van der Waals surface area contributed by atoms with Gasteiger partial charge in [-0.2, -0.15) is 5.26 Å². The molecule has 1 aliphatic rings. The van der Waals surface area contributed by atoms with E-state index in [1.165, 1.54) is 11.1 Å². The number of hydrogen-bond donors (Lipinski definition) is 2. The molecule has 0 spiro atoms. The molecule has 4 aromatic heterocycles. The average molecular weight is 444 g/mol. The molecule has 2 N–H and O–H groups in total. The second-order valence-electron chi connectivity index (χ2n) is 8.02. The number of ether oxygens (including phenoxy) is 1. The molecule has 1 aliphatic heterocycles. The van der Waals surface area contributed by atoms with E-state index in [1.807, 2.05) is 29.7 Å². The Morgan fingerprint density at radius 3 is 2.94 bits per heavy atom. The van der Waals surface area contributed by atoms with E-state index in [9.17, 15) is 9.59 Å². The number of amides is 2. The molecule has 0 aliphatic carbocycles. The molecule has 1 saturated heterocycles. The van der Waals surface area contributed by atoms with Gasteiger partial charge in [-0.15, -0.1) is 0 Å². The van der Waals surface area contributed by atoms with Crippen LogP contribution in [0.5, 0.6) is 5.75 Å². The number of pyridine rings is 1. The van der Waals surface area contributed by atoms with Gasteiger partial charge in [0.05, 0.1) is 23.7 Å². The predicted octanol–water partition coefficient (Wildman–Crippen LogP) is 2.04. The minimum absolute atomic E-state index is 0.149. The summed E-state index contributed by atoms with van der Waals surface area (Å²) in [4.78, 5) is 42.6. The van der Waals surface area contributed by atoms with Gasteiger partial charge in [0.2, 0.25) is 5.91 Å². The number of rotatable bonds is 4. The maximum absolute atomic E-state index is 12.4. The van der Waals surface area contributed by atoms with Crippen LogP contribution >= 0.6 is 0 Å². The third kappa shape index (κ3) is 3.71. The van der Waals surface area contributed by atoms with Gasteiger partial charge in [-0.25, -0.2) is 19.7 Å². The van der Waals surface area contributed by atoms with Crippen molar-refractivity contribution in [2.75, 3.05) is 13.1 Å². The Morgan fingerprint density at radius 2 is 2.15 bits per heavy atom. The second kappa shape index (κ2) is 7.90. The van der Waals surface area contributed by atoms with Crippen LogP contribution < -0.4 is 10.1 Å². The number of likely N-dealkylation sites (tertiary alicyclic amines) is 1. The van der Waals surface area contributed by atoms with Gasteiger partial charge in [0.15, 0.2) is 16.9 Å². The van der Waals surface area contributed by atoms with E-state index in [0.29, 0.717) is 35.6 Å². The standard InChI is InChI=1S/C22H20N8O3/c1-12-3-4-16-18(26-11-30(16)8-12)15-6-24-20-19(28-15)17(7-25-20)33-22(32)27-13(2)21(31)29-9-14(5-23)10-29/h3-4,6-8,11,13-14H,9-10H2,1-2H3,(H,24,25)(H,27,32)/t13-/m1/s1. The van der Waals surface area contributed by atoms with E-state index in [1.54, 1.807) is 19.4 Å². The van der Waals surface area contributed by atoms with Crippen LogP contribution in [0.25, 0.3) is 28.1 Å².